The Morgan fingerprint density at radius 1 is 1.05 bits per heavy atom. The number of hydrogen-bond acceptors (Lipinski definition) is 2. The maximum absolute atomic E-state index is 6.15. The molecule has 0 fully saturated rings. The lowest BCUT2D eigenvalue weighted by Gasteiger charge is -2.32. The Hall–Kier alpha value is -1.32. The summed E-state index contributed by atoms with van der Waals surface area (Å²) in [6.07, 6.45) is 0. The van der Waals surface area contributed by atoms with Gasteiger partial charge in [-0.3, -0.25) is 0 Å². The molecule has 0 aliphatic carbocycles. The first-order chi connectivity index (χ1) is 9.99. The van der Waals surface area contributed by atoms with E-state index in [1.54, 1.807) is 0 Å². The molecule has 1 atom stereocenters. The van der Waals surface area contributed by atoms with Gasteiger partial charge in [-0.05, 0) is 44.0 Å². The number of nitrogens with zero attached hydrogens (tertiary/aromatic N) is 1. The molecule has 0 aromatic heterocycles. The monoisotopic (exact) mass is 346 g/mol. The van der Waals surface area contributed by atoms with Gasteiger partial charge >= 0.3 is 0 Å². The Kier molecular flexibility index (Phi) is 5.43. The summed E-state index contributed by atoms with van der Waals surface area (Å²) < 4.78 is 1.08. The van der Waals surface area contributed by atoms with Crippen LogP contribution in [0.5, 0.6) is 0 Å². The van der Waals surface area contributed by atoms with Crippen LogP contribution in [0.3, 0.4) is 0 Å². The van der Waals surface area contributed by atoms with Crippen LogP contribution in [0.1, 0.15) is 37.9 Å². The molecule has 0 amide bonds. The van der Waals surface area contributed by atoms with E-state index < -0.39 is 0 Å². The molecule has 2 rings (SSSR count). The average Bonchev–Trinajstić information content (AvgIpc) is 2.45. The number of anilines is 1. The van der Waals surface area contributed by atoms with Gasteiger partial charge in [-0.2, -0.15) is 0 Å². The molecule has 2 aromatic carbocycles. The standard InChI is InChI=1S/C18H23BrN2/c1-13(2)21(12-15-7-5-4-6-8-15)18-11-16(19)9-10-17(18)14(3)20/h4-11,13-14H,12,20H2,1-3H3. The quantitative estimate of drug-likeness (QED) is 0.835. The van der Waals surface area contributed by atoms with Crippen LogP contribution in [0.2, 0.25) is 0 Å². The molecule has 0 saturated carbocycles. The number of benzene rings is 2. The molecule has 0 radical (unpaired) electrons. The lowest BCUT2D eigenvalue weighted by atomic mass is 10.0. The van der Waals surface area contributed by atoms with E-state index in [1.807, 2.05) is 6.92 Å². The molecule has 21 heavy (non-hydrogen) atoms. The molecule has 1 unspecified atom stereocenters. The van der Waals surface area contributed by atoms with Gasteiger partial charge in [-0.1, -0.05) is 52.3 Å². The second kappa shape index (κ2) is 7.10. The Labute approximate surface area is 136 Å². The van der Waals surface area contributed by atoms with Crippen molar-refractivity contribution >= 4 is 21.6 Å². The van der Waals surface area contributed by atoms with Crippen LogP contribution in [-0.4, -0.2) is 6.04 Å². The van der Waals surface area contributed by atoms with Crippen molar-refractivity contribution in [1.82, 2.24) is 0 Å². The lowest BCUT2D eigenvalue weighted by molar-refractivity contribution is 0.671. The molecule has 0 heterocycles. The summed E-state index contributed by atoms with van der Waals surface area (Å²) in [6, 6.07) is 17.3. The predicted molar refractivity (Wildman–Crippen MR) is 94.5 cm³/mol. The summed E-state index contributed by atoms with van der Waals surface area (Å²) in [5, 5.41) is 0. The highest BCUT2D eigenvalue weighted by atomic mass is 79.9. The molecular formula is C18H23BrN2. The maximum atomic E-state index is 6.15. The van der Waals surface area contributed by atoms with E-state index in [9.17, 15) is 0 Å². The molecule has 3 heteroatoms. The zero-order valence-corrected chi connectivity index (χ0v) is 14.5. The molecular weight excluding hydrogens is 324 g/mol. The highest BCUT2D eigenvalue weighted by molar-refractivity contribution is 9.10. The highest BCUT2D eigenvalue weighted by Crippen LogP contribution is 2.31. The Morgan fingerprint density at radius 2 is 1.71 bits per heavy atom. The first-order valence-electron chi connectivity index (χ1n) is 7.34. The fourth-order valence-electron chi connectivity index (χ4n) is 2.48. The second-order valence-electron chi connectivity index (χ2n) is 5.70. The zero-order chi connectivity index (χ0) is 15.4. The van der Waals surface area contributed by atoms with Gasteiger partial charge < -0.3 is 10.6 Å². The van der Waals surface area contributed by atoms with Crippen LogP contribution in [-0.2, 0) is 6.54 Å². The Bertz CT molecular complexity index is 579. The van der Waals surface area contributed by atoms with Crippen LogP contribution in [0.25, 0.3) is 0 Å². The van der Waals surface area contributed by atoms with Crippen molar-refractivity contribution in [3.8, 4) is 0 Å². The van der Waals surface area contributed by atoms with Gasteiger partial charge in [0.15, 0.2) is 0 Å². The molecule has 112 valence electrons. The molecule has 2 N–H and O–H groups in total. The largest absolute Gasteiger partial charge is 0.364 e. The third kappa shape index (κ3) is 4.08. The molecule has 0 aliphatic rings. The van der Waals surface area contributed by atoms with Crippen LogP contribution >= 0.6 is 15.9 Å². The Morgan fingerprint density at radius 3 is 2.29 bits per heavy atom. The summed E-state index contributed by atoms with van der Waals surface area (Å²) in [7, 11) is 0. The zero-order valence-electron chi connectivity index (χ0n) is 12.9. The fourth-order valence-corrected chi connectivity index (χ4v) is 2.83. The molecule has 2 nitrogen and oxygen atoms in total. The first-order valence-corrected chi connectivity index (χ1v) is 8.14. The molecule has 2 aromatic rings. The van der Waals surface area contributed by atoms with Gasteiger partial charge in [0.1, 0.15) is 0 Å². The maximum Gasteiger partial charge on any atom is 0.0432 e. The molecule has 0 aliphatic heterocycles. The van der Waals surface area contributed by atoms with Crippen LogP contribution in [0, 0.1) is 0 Å². The lowest BCUT2D eigenvalue weighted by Crippen LogP contribution is -2.31. The topological polar surface area (TPSA) is 29.3 Å². The smallest absolute Gasteiger partial charge is 0.0432 e. The van der Waals surface area contributed by atoms with Gasteiger partial charge in [-0.25, -0.2) is 0 Å². The van der Waals surface area contributed by atoms with Crippen LogP contribution < -0.4 is 10.6 Å². The van der Waals surface area contributed by atoms with Gasteiger partial charge in [0.2, 0.25) is 0 Å². The minimum atomic E-state index is 0.0186. The number of hydrogen-bond donors (Lipinski definition) is 1. The average molecular weight is 347 g/mol. The fraction of sp³-hybridized carbons (Fsp3) is 0.333. The molecule has 0 saturated heterocycles. The number of rotatable bonds is 5. The van der Waals surface area contributed by atoms with Crippen molar-refractivity contribution in [2.75, 3.05) is 4.90 Å². The van der Waals surface area contributed by atoms with E-state index in [4.69, 9.17) is 5.73 Å². The van der Waals surface area contributed by atoms with Crippen molar-refractivity contribution in [2.24, 2.45) is 5.73 Å². The number of halogens is 1. The van der Waals surface area contributed by atoms with Gasteiger partial charge in [0.05, 0.1) is 0 Å². The van der Waals surface area contributed by atoms with E-state index in [1.165, 1.54) is 16.8 Å². The van der Waals surface area contributed by atoms with E-state index in [2.05, 4.69) is 83.2 Å². The third-order valence-corrected chi connectivity index (χ3v) is 4.10. The van der Waals surface area contributed by atoms with Crippen LogP contribution in [0.15, 0.2) is 53.0 Å². The second-order valence-corrected chi connectivity index (χ2v) is 6.61. The van der Waals surface area contributed by atoms with E-state index in [-0.39, 0.29) is 6.04 Å². The third-order valence-electron chi connectivity index (χ3n) is 3.61. The summed E-state index contributed by atoms with van der Waals surface area (Å²) in [5.41, 5.74) is 9.85. The summed E-state index contributed by atoms with van der Waals surface area (Å²) >= 11 is 3.58. The van der Waals surface area contributed by atoms with Gasteiger partial charge in [-0.15, -0.1) is 0 Å². The summed E-state index contributed by atoms with van der Waals surface area (Å²) in [5.74, 6) is 0. The van der Waals surface area contributed by atoms with E-state index >= 15 is 0 Å². The molecule has 0 bridgehead atoms. The van der Waals surface area contributed by atoms with Crippen LogP contribution in [0.4, 0.5) is 5.69 Å². The van der Waals surface area contributed by atoms with Crippen molar-refractivity contribution in [3.63, 3.8) is 0 Å². The van der Waals surface area contributed by atoms with Gasteiger partial charge in [0, 0.05) is 28.8 Å². The Balaban J connectivity index is 2.41. The summed E-state index contributed by atoms with van der Waals surface area (Å²) in [4.78, 5) is 2.40. The van der Waals surface area contributed by atoms with Crippen molar-refractivity contribution in [1.29, 1.82) is 0 Å². The SMILES string of the molecule is CC(N)c1ccc(Br)cc1N(Cc1ccccc1)C(C)C. The van der Waals surface area contributed by atoms with E-state index in [0.717, 1.165) is 11.0 Å². The van der Waals surface area contributed by atoms with Crippen molar-refractivity contribution < 1.29 is 0 Å². The van der Waals surface area contributed by atoms with E-state index in [0.29, 0.717) is 6.04 Å². The predicted octanol–water partition coefficient (Wildman–Crippen LogP) is 4.88. The van der Waals surface area contributed by atoms with Gasteiger partial charge in [0.25, 0.3) is 0 Å². The number of nitrogens with two attached hydrogens (primary N) is 1. The minimum absolute atomic E-state index is 0.0186. The van der Waals surface area contributed by atoms with Crippen molar-refractivity contribution in [3.05, 3.63) is 64.1 Å². The van der Waals surface area contributed by atoms with Crippen molar-refractivity contribution in [2.45, 2.75) is 39.4 Å². The minimum Gasteiger partial charge on any atom is -0.364 e. The molecule has 0 spiro atoms. The highest BCUT2D eigenvalue weighted by Gasteiger charge is 2.17. The summed E-state index contributed by atoms with van der Waals surface area (Å²) in [6.45, 7) is 7.35. The normalized spacial score (nSPS) is 12.5. The first kappa shape index (κ1) is 16.1.